The lowest BCUT2D eigenvalue weighted by Gasteiger charge is -2.14. The van der Waals surface area contributed by atoms with E-state index in [1.54, 1.807) is 0 Å². The maximum atomic E-state index is 4.34. The number of aliphatic imine (C=N–C) groups is 1. The molecule has 0 heterocycles. The molecule has 1 saturated carbocycles. The second-order valence-corrected chi connectivity index (χ2v) is 3.91. The maximum absolute atomic E-state index is 4.34. The van der Waals surface area contributed by atoms with Crippen LogP contribution in [-0.4, -0.2) is 12.8 Å². The Labute approximate surface area is 82.0 Å². The first-order chi connectivity index (χ1) is 6.43. The van der Waals surface area contributed by atoms with Crippen LogP contribution in [0.3, 0.4) is 0 Å². The van der Waals surface area contributed by atoms with Crippen molar-refractivity contribution >= 4 is 6.21 Å². The zero-order valence-electron chi connectivity index (χ0n) is 8.54. The van der Waals surface area contributed by atoms with E-state index >= 15 is 0 Å². The summed E-state index contributed by atoms with van der Waals surface area (Å²) in [6.07, 6.45) is 13.8. The van der Waals surface area contributed by atoms with Crippen LogP contribution in [0, 0.1) is 5.92 Å². The molecule has 0 aliphatic heterocycles. The van der Waals surface area contributed by atoms with Gasteiger partial charge in [0.25, 0.3) is 0 Å². The van der Waals surface area contributed by atoms with Gasteiger partial charge in [0.15, 0.2) is 0 Å². The summed E-state index contributed by atoms with van der Waals surface area (Å²) in [6, 6.07) is 0. The lowest BCUT2D eigenvalue weighted by molar-refractivity contribution is 0.457. The molecule has 1 heteroatoms. The highest BCUT2D eigenvalue weighted by Crippen LogP contribution is 2.20. The van der Waals surface area contributed by atoms with Gasteiger partial charge in [0.2, 0.25) is 0 Å². The van der Waals surface area contributed by atoms with E-state index < -0.39 is 0 Å². The number of nitrogens with zero attached hydrogens (tertiary/aromatic N) is 1. The van der Waals surface area contributed by atoms with Crippen molar-refractivity contribution in [1.29, 1.82) is 0 Å². The first-order valence-corrected chi connectivity index (χ1v) is 5.54. The molecule has 74 valence electrons. The average Bonchev–Trinajstić information content (AvgIpc) is 2.08. The van der Waals surface area contributed by atoms with Gasteiger partial charge in [-0.1, -0.05) is 38.2 Å². The molecule has 1 aliphatic carbocycles. The third-order valence-corrected chi connectivity index (χ3v) is 2.70. The van der Waals surface area contributed by atoms with Gasteiger partial charge in [-0.25, -0.2) is 0 Å². The zero-order valence-corrected chi connectivity index (χ0v) is 8.54. The van der Waals surface area contributed by atoms with Gasteiger partial charge < -0.3 is 0 Å². The first-order valence-electron chi connectivity index (χ1n) is 5.54. The molecule has 13 heavy (non-hydrogen) atoms. The third-order valence-electron chi connectivity index (χ3n) is 2.70. The Kier molecular flexibility index (Phi) is 5.55. The molecular formula is C12H21N. The Morgan fingerprint density at radius 3 is 2.31 bits per heavy atom. The Morgan fingerprint density at radius 2 is 1.69 bits per heavy atom. The highest BCUT2D eigenvalue weighted by molar-refractivity contribution is 5.60. The normalized spacial score (nSPS) is 21.2. The summed E-state index contributed by atoms with van der Waals surface area (Å²) in [4.78, 5) is 4.34. The van der Waals surface area contributed by atoms with Crippen LogP contribution in [-0.2, 0) is 0 Å². The highest BCUT2D eigenvalue weighted by Gasteiger charge is 2.07. The van der Waals surface area contributed by atoms with Gasteiger partial charge in [0, 0.05) is 6.21 Å². The SMILES string of the molecule is C=CCN=CC1CCCCCCC1. The van der Waals surface area contributed by atoms with Crippen LogP contribution in [0.25, 0.3) is 0 Å². The molecule has 1 nitrogen and oxygen atoms in total. The molecule has 0 aromatic carbocycles. The first kappa shape index (κ1) is 10.5. The zero-order chi connectivity index (χ0) is 9.36. The smallest absolute Gasteiger partial charge is 0.0563 e. The standard InChI is InChI=1S/C12H21N/c1-2-10-13-11-12-8-6-4-3-5-7-9-12/h2,11-12H,1,3-10H2. The molecule has 0 aromatic heterocycles. The summed E-state index contributed by atoms with van der Waals surface area (Å²) in [5, 5.41) is 0. The molecule has 0 radical (unpaired) electrons. The Hall–Kier alpha value is -0.590. The fraction of sp³-hybridized carbons (Fsp3) is 0.750. The fourth-order valence-electron chi connectivity index (χ4n) is 1.92. The van der Waals surface area contributed by atoms with E-state index in [-0.39, 0.29) is 0 Å². The largest absolute Gasteiger partial charge is 0.293 e. The predicted octanol–water partition coefficient (Wildman–Crippen LogP) is 3.60. The fourth-order valence-corrected chi connectivity index (χ4v) is 1.92. The van der Waals surface area contributed by atoms with Gasteiger partial charge in [-0.3, -0.25) is 4.99 Å². The van der Waals surface area contributed by atoms with Crippen LogP contribution < -0.4 is 0 Å². The molecule has 1 fully saturated rings. The lowest BCUT2D eigenvalue weighted by Crippen LogP contribution is -2.05. The molecule has 0 atom stereocenters. The van der Waals surface area contributed by atoms with Crippen LogP contribution in [0.15, 0.2) is 17.6 Å². The van der Waals surface area contributed by atoms with Crippen molar-refractivity contribution in [3.63, 3.8) is 0 Å². The summed E-state index contributed by atoms with van der Waals surface area (Å²) in [7, 11) is 0. The van der Waals surface area contributed by atoms with E-state index in [2.05, 4.69) is 17.8 Å². The summed E-state index contributed by atoms with van der Waals surface area (Å²) in [5.74, 6) is 0.750. The third kappa shape index (κ3) is 4.87. The van der Waals surface area contributed by atoms with Crippen molar-refractivity contribution < 1.29 is 0 Å². The molecule has 0 spiro atoms. The van der Waals surface area contributed by atoms with Crippen LogP contribution in [0.1, 0.15) is 44.9 Å². The number of rotatable bonds is 3. The molecule has 0 N–H and O–H groups in total. The van der Waals surface area contributed by atoms with Gasteiger partial charge in [-0.2, -0.15) is 0 Å². The lowest BCUT2D eigenvalue weighted by atomic mass is 9.92. The molecule has 0 bridgehead atoms. The van der Waals surface area contributed by atoms with Gasteiger partial charge in [0.1, 0.15) is 0 Å². The Morgan fingerprint density at radius 1 is 1.08 bits per heavy atom. The van der Waals surface area contributed by atoms with E-state index in [9.17, 15) is 0 Å². The van der Waals surface area contributed by atoms with E-state index in [4.69, 9.17) is 0 Å². The van der Waals surface area contributed by atoms with Crippen molar-refractivity contribution in [2.75, 3.05) is 6.54 Å². The van der Waals surface area contributed by atoms with Gasteiger partial charge in [-0.05, 0) is 18.8 Å². The summed E-state index contributed by atoms with van der Waals surface area (Å²) in [5.41, 5.74) is 0. The molecule has 0 unspecified atom stereocenters. The second-order valence-electron chi connectivity index (χ2n) is 3.91. The van der Waals surface area contributed by atoms with Crippen LogP contribution in [0.2, 0.25) is 0 Å². The highest BCUT2D eigenvalue weighted by atomic mass is 14.7. The molecule has 0 aromatic rings. The van der Waals surface area contributed by atoms with Gasteiger partial charge in [-0.15, -0.1) is 6.58 Å². The van der Waals surface area contributed by atoms with Crippen molar-refractivity contribution in [1.82, 2.24) is 0 Å². The number of hydrogen-bond acceptors (Lipinski definition) is 1. The minimum atomic E-state index is 0.750. The van der Waals surface area contributed by atoms with Crippen LogP contribution in [0.4, 0.5) is 0 Å². The van der Waals surface area contributed by atoms with Crippen molar-refractivity contribution in [3.05, 3.63) is 12.7 Å². The van der Waals surface area contributed by atoms with Crippen LogP contribution in [0.5, 0.6) is 0 Å². The Balaban J connectivity index is 2.24. The monoisotopic (exact) mass is 179 g/mol. The minimum Gasteiger partial charge on any atom is -0.293 e. The quantitative estimate of drug-likeness (QED) is 0.463. The topological polar surface area (TPSA) is 12.4 Å². The predicted molar refractivity (Wildman–Crippen MR) is 59.4 cm³/mol. The Bertz CT molecular complexity index is 153. The van der Waals surface area contributed by atoms with Crippen LogP contribution >= 0.6 is 0 Å². The van der Waals surface area contributed by atoms with Crippen molar-refractivity contribution in [3.8, 4) is 0 Å². The molecular weight excluding hydrogens is 158 g/mol. The van der Waals surface area contributed by atoms with E-state index in [0.29, 0.717) is 0 Å². The van der Waals surface area contributed by atoms with Gasteiger partial charge in [0.05, 0.1) is 6.54 Å². The van der Waals surface area contributed by atoms with E-state index in [1.165, 1.54) is 44.9 Å². The summed E-state index contributed by atoms with van der Waals surface area (Å²) >= 11 is 0. The van der Waals surface area contributed by atoms with Crippen molar-refractivity contribution in [2.24, 2.45) is 10.9 Å². The average molecular weight is 179 g/mol. The number of hydrogen-bond donors (Lipinski definition) is 0. The van der Waals surface area contributed by atoms with E-state index in [1.807, 2.05) is 6.08 Å². The molecule has 1 aliphatic rings. The molecule has 0 saturated heterocycles. The maximum Gasteiger partial charge on any atom is 0.0563 e. The molecule has 0 amide bonds. The van der Waals surface area contributed by atoms with Gasteiger partial charge >= 0.3 is 0 Å². The second kappa shape index (κ2) is 6.88. The minimum absolute atomic E-state index is 0.750. The molecule has 1 rings (SSSR count). The van der Waals surface area contributed by atoms with E-state index in [0.717, 1.165) is 12.5 Å². The summed E-state index contributed by atoms with van der Waals surface area (Å²) < 4.78 is 0. The summed E-state index contributed by atoms with van der Waals surface area (Å²) in [6.45, 7) is 4.45. The van der Waals surface area contributed by atoms with Crippen molar-refractivity contribution in [2.45, 2.75) is 44.9 Å².